The Kier molecular flexibility index (Phi) is 7.29. The normalized spacial score (nSPS) is 32.0. The summed E-state index contributed by atoms with van der Waals surface area (Å²) >= 11 is 0. The van der Waals surface area contributed by atoms with Gasteiger partial charge in [-0.15, -0.1) is 15.2 Å². The molecule has 2 N–H and O–H groups in total. The maximum absolute atomic E-state index is 13.4. The van der Waals surface area contributed by atoms with Crippen molar-refractivity contribution in [3.63, 3.8) is 0 Å². The number of hydrogen-bond donors (Lipinski definition) is 2. The molecule has 2 heterocycles. The summed E-state index contributed by atoms with van der Waals surface area (Å²) in [6.45, 7) is 4.42. The molecule has 0 radical (unpaired) electrons. The van der Waals surface area contributed by atoms with Crippen LogP contribution in [0.25, 0.3) is 0 Å². The van der Waals surface area contributed by atoms with Gasteiger partial charge in [0.05, 0.1) is 5.28 Å². The van der Waals surface area contributed by atoms with E-state index in [4.69, 9.17) is 0 Å². The molecule has 166 valence electrons. The summed E-state index contributed by atoms with van der Waals surface area (Å²) in [5.41, 5.74) is 0. The third-order valence-corrected chi connectivity index (χ3v) is 7.24. The van der Waals surface area contributed by atoms with Crippen molar-refractivity contribution in [3.8, 4) is 11.8 Å². The highest BCUT2D eigenvalue weighted by molar-refractivity contribution is 7.19. The lowest BCUT2D eigenvalue weighted by Crippen LogP contribution is -2.56. The van der Waals surface area contributed by atoms with Crippen LogP contribution in [-0.4, -0.2) is 64.6 Å². The van der Waals surface area contributed by atoms with E-state index in [1.165, 1.54) is 0 Å². The molecule has 0 aromatic rings. The molecule has 2 fully saturated rings. The average Bonchev–Trinajstić information content (AvgIpc) is 3.10. The molecule has 3 aliphatic rings. The van der Waals surface area contributed by atoms with Crippen LogP contribution in [0, 0.1) is 17.8 Å². The molecule has 8 heteroatoms. The van der Waals surface area contributed by atoms with E-state index in [-0.39, 0.29) is 35.1 Å². The third kappa shape index (κ3) is 5.27. The van der Waals surface area contributed by atoms with Crippen molar-refractivity contribution in [2.45, 2.75) is 88.6 Å². The lowest BCUT2D eigenvalue weighted by Gasteiger charge is -2.31. The van der Waals surface area contributed by atoms with Crippen molar-refractivity contribution in [1.82, 2.24) is 20.4 Å². The van der Waals surface area contributed by atoms with Gasteiger partial charge in [0.15, 0.2) is 0 Å². The highest BCUT2D eigenvalue weighted by Gasteiger charge is 2.52. The van der Waals surface area contributed by atoms with Gasteiger partial charge < -0.3 is 20.4 Å². The van der Waals surface area contributed by atoms with Crippen LogP contribution < -0.4 is 10.6 Å². The highest BCUT2D eigenvalue weighted by Crippen LogP contribution is 2.48. The van der Waals surface area contributed by atoms with E-state index in [2.05, 4.69) is 31.7 Å². The Morgan fingerprint density at radius 2 is 2.03 bits per heavy atom. The Balaban J connectivity index is 1.77. The third-order valence-electron chi connectivity index (χ3n) is 6.46. The van der Waals surface area contributed by atoms with Crippen LogP contribution in [0.3, 0.4) is 0 Å². The quantitative estimate of drug-likeness (QED) is 0.516. The fourth-order valence-corrected chi connectivity index (χ4v) is 4.55. The van der Waals surface area contributed by atoms with Crippen LogP contribution >= 0.6 is 9.24 Å². The molecule has 4 amide bonds. The Morgan fingerprint density at radius 1 is 1.27 bits per heavy atom. The van der Waals surface area contributed by atoms with E-state index in [1.54, 1.807) is 16.8 Å². The largest absolute Gasteiger partial charge is 0.344 e. The van der Waals surface area contributed by atoms with Crippen LogP contribution in [0.2, 0.25) is 0 Å². The molecule has 5 atom stereocenters. The SMILES string of the molecule is CC(C)N(C)C(=O)N[C@H]1CCCCCC#CC2CC2(P)NC(=O)[C@@H]2CCCN2C1=O. The topological polar surface area (TPSA) is 81.8 Å². The van der Waals surface area contributed by atoms with Crippen molar-refractivity contribution in [3.05, 3.63) is 0 Å². The average molecular weight is 435 g/mol. The van der Waals surface area contributed by atoms with E-state index < -0.39 is 12.1 Å². The minimum atomic E-state index is -0.609. The van der Waals surface area contributed by atoms with E-state index in [1.807, 2.05) is 13.8 Å². The highest BCUT2D eigenvalue weighted by atomic mass is 31.0. The number of hydrogen-bond acceptors (Lipinski definition) is 3. The van der Waals surface area contributed by atoms with Crippen LogP contribution in [0.5, 0.6) is 0 Å². The zero-order valence-corrected chi connectivity index (χ0v) is 19.5. The zero-order valence-electron chi connectivity index (χ0n) is 18.4. The first-order chi connectivity index (χ1) is 14.2. The molecule has 1 saturated heterocycles. The molecular weight excluding hydrogens is 399 g/mol. The molecule has 0 aromatic heterocycles. The molecule has 0 spiro atoms. The van der Waals surface area contributed by atoms with E-state index in [0.717, 1.165) is 38.5 Å². The van der Waals surface area contributed by atoms with Gasteiger partial charge in [0.1, 0.15) is 12.1 Å². The summed E-state index contributed by atoms with van der Waals surface area (Å²) in [5.74, 6) is 6.44. The Morgan fingerprint density at radius 3 is 2.77 bits per heavy atom. The summed E-state index contributed by atoms with van der Waals surface area (Å²) in [7, 11) is 4.47. The molecule has 2 aliphatic heterocycles. The lowest BCUT2D eigenvalue weighted by molar-refractivity contribution is -0.140. The standard InChI is InChI=1S/C22H35N4O3P/c1-15(2)25(3)21(29)23-17-11-8-6-4-5-7-10-16-14-22(16,30)24-19(27)18-12-9-13-26(18)20(17)28/h15-18H,4-6,8-9,11-14,30H2,1-3H3,(H,23,29)(H,24,27)/t16?,17-,18-,22?/m0/s1. The molecular formula is C22H35N4O3P. The number of nitrogens with zero attached hydrogens (tertiary/aromatic N) is 2. The summed E-state index contributed by atoms with van der Waals surface area (Å²) in [4.78, 5) is 42.3. The number of nitrogens with one attached hydrogen (secondary N) is 2. The fourth-order valence-electron chi connectivity index (χ4n) is 4.09. The first kappa shape index (κ1) is 22.9. The second-order valence-corrected chi connectivity index (χ2v) is 10.1. The van der Waals surface area contributed by atoms with Crippen molar-refractivity contribution in [2.75, 3.05) is 13.6 Å². The molecule has 7 nitrogen and oxygen atoms in total. The van der Waals surface area contributed by atoms with E-state index in [0.29, 0.717) is 19.4 Å². The summed E-state index contributed by atoms with van der Waals surface area (Å²) in [5, 5.41) is 5.67. The Labute approximate surface area is 182 Å². The summed E-state index contributed by atoms with van der Waals surface area (Å²) in [6.07, 6.45) is 6.45. The smallest absolute Gasteiger partial charge is 0.318 e. The number of rotatable bonds is 2. The number of carbonyl (C=O) groups is 3. The van der Waals surface area contributed by atoms with Crippen LogP contribution in [0.15, 0.2) is 0 Å². The van der Waals surface area contributed by atoms with Gasteiger partial charge in [-0.05, 0) is 46.0 Å². The minimum Gasteiger partial charge on any atom is -0.344 e. The Hall–Kier alpha value is -1.80. The molecule has 1 saturated carbocycles. The maximum Gasteiger partial charge on any atom is 0.318 e. The van der Waals surface area contributed by atoms with Gasteiger partial charge in [-0.1, -0.05) is 18.8 Å². The minimum absolute atomic E-state index is 0.0379. The van der Waals surface area contributed by atoms with Gasteiger partial charge in [-0.3, -0.25) is 9.59 Å². The van der Waals surface area contributed by atoms with Gasteiger partial charge in [0, 0.05) is 32.0 Å². The first-order valence-electron chi connectivity index (χ1n) is 11.2. The number of fused-ring (bicyclic) bond motifs is 2. The lowest BCUT2D eigenvalue weighted by atomic mass is 10.1. The molecule has 30 heavy (non-hydrogen) atoms. The summed E-state index contributed by atoms with van der Waals surface area (Å²) in [6, 6.07) is -1.30. The van der Waals surface area contributed by atoms with Gasteiger partial charge >= 0.3 is 6.03 Å². The van der Waals surface area contributed by atoms with Gasteiger partial charge in [0.2, 0.25) is 11.8 Å². The maximum atomic E-state index is 13.4. The van der Waals surface area contributed by atoms with Gasteiger partial charge in [-0.2, -0.15) is 0 Å². The number of carbonyl (C=O) groups excluding carboxylic acids is 3. The number of amides is 4. The first-order valence-corrected chi connectivity index (χ1v) is 11.7. The van der Waals surface area contributed by atoms with Crippen LogP contribution in [-0.2, 0) is 9.59 Å². The molecule has 3 rings (SSSR count). The molecule has 1 aliphatic carbocycles. The van der Waals surface area contributed by atoms with E-state index >= 15 is 0 Å². The van der Waals surface area contributed by atoms with Crippen molar-refractivity contribution >= 4 is 27.1 Å². The van der Waals surface area contributed by atoms with Crippen molar-refractivity contribution < 1.29 is 14.4 Å². The number of urea groups is 1. The van der Waals surface area contributed by atoms with Crippen LogP contribution in [0.1, 0.15) is 65.2 Å². The van der Waals surface area contributed by atoms with Crippen molar-refractivity contribution in [1.29, 1.82) is 0 Å². The van der Waals surface area contributed by atoms with Crippen LogP contribution in [0.4, 0.5) is 4.79 Å². The molecule has 0 bridgehead atoms. The monoisotopic (exact) mass is 434 g/mol. The Bertz CT molecular complexity index is 746. The van der Waals surface area contributed by atoms with E-state index in [9.17, 15) is 14.4 Å². The molecule has 0 aromatic carbocycles. The van der Waals surface area contributed by atoms with Gasteiger partial charge in [0.25, 0.3) is 0 Å². The molecule has 3 unspecified atom stereocenters. The van der Waals surface area contributed by atoms with Crippen molar-refractivity contribution in [2.24, 2.45) is 5.92 Å². The predicted molar refractivity (Wildman–Crippen MR) is 120 cm³/mol. The fraction of sp³-hybridized carbons (Fsp3) is 0.773. The zero-order chi connectivity index (χ0) is 21.9. The second-order valence-electron chi connectivity index (χ2n) is 9.10. The van der Waals surface area contributed by atoms with Gasteiger partial charge in [-0.25, -0.2) is 4.79 Å². The second kappa shape index (κ2) is 9.56. The summed E-state index contributed by atoms with van der Waals surface area (Å²) < 4.78 is 0. The predicted octanol–water partition coefficient (Wildman–Crippen LogP) is 2.07.